The zero-order chi connectivity index (χ0) is 16.3. The Balaban J connectivity index is 2.11. The van der Waals surface area contributed by atoms with Crippen LogP contribution in [-0.4, -0.2) is 30.3 Å². The lowest BCUT2D eigenvalue weighted by molar-refractivity contribution is -0.126. The molecule has 1 atom stereocenters. The van der Waals surface area contributed by atoms with E-state index in [1.54, 1.807) is 29.2 Å². The summed E-state index contributed by atoms with van der Waals surface area (Å²) in [5.41, 5.74) is 1.32. The summed E-state index contributed by atoms with van der Waals surface area (Å²) in [7, 11) is 0. The van der Waals surface area contributed by atoms with Gasteiger partial charge in [0.15, 0.2) is 0 Å². The molecule has 0 saturated carbocycles. The Labute approximate surface area is 129 Å². The highest BCUT2D eigenvalue weighted by Crippen LogP contribution is 2.27. The van der Waals surface area contributed by atoms with Gasteiger partial charge in [-0.1, -0.05) is 6.07 Å². The molecule has 1 aromatic rings. The van der Waals surface area contributed by atoms with Gasteiger partial charge in [-0.15, -0.1) is 0 Å². The third-order valence-corrected chi connectivity index (χ3v) is 3.40. The average molecular weight is 303 g/mol. The minimum absolute atomic E-state index is 0.0553. The number of anilines is 2. The SMILES string of the molecule is CC(=O)Nc1cccc(N2CC(C(=O)NC(C)C)CC2=O)c1. The van der Waals surface area contributed by atoms with Gasteiger partial charge in [0.25, 0.3) is 0 Å². The number of hydrogen-bond donors (Lipinski definition) is 2. The fourth-order valence-electron chi connectivity index (χ4n) is 2.49. The number of benzene rings is 1. The fourth-order valence-corrected chi connectivity index (χ4v) is 2.49. The van der Waals surface area contributed by atoms with Crippen molar-refractivity contribution < 1.29 is 14.4 Å². The van der Waals surface area contributed by atoms with E-state index >= 15 is 0 Å². The van der Waals surface area contributed by atoms with Crippen LogP contribution in [0.5, 0.6) is 0 Å². The number of carbonyl (C=O) groups is 3. The molecule has 0 bridgehead atoms. The largest absolute Gasteiger partial charge is 0.354 e. The molecule has 118 valence electrons. The van der Waals surface area contributed by atoms with Crippen LogP contribution >= 0.6 is 0 Å². The number of nitrogens with zero attached hydrogens (tertiary/aromatic N) is 1. The van der Waals surface area contributed by atoms with Crippen LogP contribution in [0.1, 0.15) is 27.2 Å². The lowest BCUT2D eigenvalue weighted by atomic mass is 10.1. The number of carbonyl (C=O) groups excluding carboxylic acids is 3. The summed E-state index contributed by atoms with van der Waals surface area (Å²) in [5.74, 6) is -0.675. The maximum absolute atomic E-state index is 12.2. The number of hydrogen-bond acceptors (Lipinski definition) is 3. The molecule has 22 heavy (non-hydrogen) atoms. The Morgan fingerprint density at radius 1 is 1.32 bits per heavy atom. The van der Waals surface area contributed by atoms with Gasteiger partial charge in [0.05, 0.1) is 5.92 Å². The molecule has 6 heteroatoms. The lowest BCUT2D eigenvalue weighted by Crippen LogP contribution is -2.36. The van der Waals surface area contributed by atoms with Crippen LogP contribution < -0.4 is 15.5 Å². The summed E-state index contributed by atoms with van der Waals surface area (Å²) in [6.45, 7) is 5.58. The smallest absolute Gasteiger partial charge is 0.227 e. The minimum atomic E-state index is -0.334. The highest BCUT2D eigenvalue weighted by molar-refractivity contribution is 6.01. The maximum atomic E-state index is 12.2. The standard InChI is InChI=1S/C16H21N3O3/c1-10(2)17-16(22)12-7-15(21)19(9-12)14-6-4-5-13(8-14)18-11(3)20/h4-6,8,10,12H,7,9H2,1-3H3,(H,17,22)(H,18,20). The Kier molecular flexibility index (Phi) is 4.80. The summed E-state index contributed by atoms with van der Waals surface area (Å²) in [4.78, 5) is 36.9. The van der Waals surface area contributed by atoms with Crippen molar-refractivity contribution in [2.24, 2.45) is 5.92 Å². The van der Waals surface area contributed by atoms with Gasteiger partial charge in [0, 0.05) is 37.3 Å². The van der Waals surface area contributed by atoms with Crippen LogP contribution in [0.4, 0.5) is 11.4 Å². The van der Waals surface area contributed by atoms with Crippen molar-refractivity contribution >= 4 is 29.1 Å². The molecule has 2 N–H and O–H groups in total. The molecule has 0 spiro atoms. The topological polar surface area (TPSA) is 78.5 Å². The van der Waals surface area contributed by atoms with E-state index in [0.717, 1.165) is 0 Å². The summed E-state index contributed by atoms with van der Waals surface area (Å²) in [6.07, 6.45) is 0.211. The molecule has 0 radical (unpaired) electrons. The van der Waals surface area contributed by atoms with Crippen molar-refractivity contribution in [2.75, 3.05) is 16.8 Å². The van der Waals surface area contributed by atoms with E-state index in [9.17, 15) is 14.4 Å². The maximum Gasteiger partial charge on any atom is 0.227 e. The van der Waals surface area contributed by atoms with E-state index in [-0.39, 0.29) is 36.1 Å². The second kappa shape index (κ2) is 6.60. The lowest BCUT2D eigenvalue weighted by Gasteiger charge is -2.18. The van der Waals surface area contributed by atoms with Gasteiger partial charge in [-0.3, -0.25) is 14.4 Å². The number of nitrogens with one attached hydrogen (secondary N) is 2. The molecule has 2 rings (SSSR count). The van der Waals surface area contributed by atoms with E-state index in [1.165, 1.54) is 6.92 Å². The van der Waals surface area contributed by atoms with E-state index < -0.39 is 0 Å². The van der Waals surface area contributed by atoms with Crippen LogP contribution in [0.3, 0.4) is 0 Å². The summed E-state index contributed by atoms with van der Waals surface area (Å²) in [5, 5.41) is 5.53. The molecule has 1 aliphatic heterocycles. The van der Waals surface area contributed by atoms with Crippen molar-refractivity contribution in [3.8, 4) is 0 Å². The van der Waals surface area contributed by atoms with Crippen molar-refractivity contribution in [3.63, 3.8) is 0 Å². The molecule has 1 fully saturated rings. The molecule has 1 aliphatic rings. The van der Waals surface area contributed by atoms with Gasteiger partial charge in [0.1, 0.15) is 0 Å². The van der Waals surface area contributed by atoms with Gasteiger partial charge >= 0.3 is 0 Å². The fraction of sp³-hybridized carbons (Fsp3) is 0.438. The van der Waals surface area contributed by atoms with E-state index in [0.29, 0.717) is 17.9 Å². The highest BCUT2D eigenvalue weighted by Gasteiger charge is 2.35. The van der Waals surface area contributed by atoms with Gasteiger partial charge in [-0.25, -0.2) is 0 Å². The normalized spacial score (nSPS) is 17.7. The highest BCUT2D eigenvalue weighted by atomic mass is 16.2. The Morgan fingerprint density at radius 2 is 2.05 bits per heavy atom. The van der Waals surface area contributed by atoms with Gasteiger partial charge in [-0.05, 0) is 32.0 Å². The van der Waals surface area contributed by atoms with Crippen LogP contribution in [-0.2, 0) is 14.4 Å². The van der Waals surface area contributed by atoms with Gasteiger partial charge in [0.2, 0.25) is 17.7 Å². The molecule has 1 aromatic carbocycles. The van der Waals surface area contributed by atoms with Crippen LogP contribution in [0.15, 0.2) is 24.3 Å². The predicted octanol–water partition coefficient (Wildman–Crippen LogP) is 1.52. The third kappa shape index (κ3) is 3.84. The van der Waals surface area contributed by atoms with Gasteiger partial charge < -0.3 is 15.5 Å². The van der Waals surface area contributed by atoms with Crippen molar-refractivity contribution in [2.45, 2.75) is 33.2 Å². The molecule has 0 aromatic heterocycles. The molecule has 1 saturated heterocycles. The first-order chi connectivity index (χ1) is 10.4. The summed E-state index contributed by atoms with van der Waals surface area (Å²) >= 11 is 0. The monoisotopic (exact) mass is 303 g/mol. The van der Waals surface area contributed by atoms with Crippen molar-refractivity contribution in [3.05, 3.63) is 24.3 Å². The molecular weight excluding hydrogens is 282 g/mol. The van der Waals surface area contributed by atoms with E-state index in [4.69, 9.17) is 0 Å². The molecular formula is C16H21N3O3. The van der Waals surface area contributed by atoms with Crippen LogP contribution in [0.2, 0.25) is 0 Å². The first-order valence-corrected chi connectivity index (χ1v) is 7.35. The molecule has 1 heterocycles. The molecule has 0 aliphatic carbocycles. The molecule has 1 unspecified atom stereocenters. The van der Waals surface area contributed by atoms with Crippen LogP contribution in [0, 0.1) is 5.92 Å². The summed E-state index contributed by atoms with van der Waals surface area (Å²) in [6, 6.07) is 7.12. The van der Waals surface area contributed by atoms with Crippen molar-refractivity contribution in [1.29, 1.82) is 0 Å². The first-order valence-electron chi connectivity index (χ1n) is 7.35. The minimum Gasteiger partial charge on any atom is -0.354 e. The van der Waals surface area contributed by atoms with E-state index in [2.05, 4.69) is 10.6 Å². The quantitative estimate of drug-likeness (QED) is 0.885. The first kappa shape index (κ1) is 16.0. The Hall–Kier alpha value is -2.37. The number of amides is 3. The number of rotatable bonds is 4. The van der Waals surface area contributed by atoms with E-state index in [1.807, 2.05) is 13.8 Å². The average Bonchev–Trinajstić information content (AvgIpc) is 2.80. The molecule has 3 amide bonds. The third-order valence-electron chi connectivity index (χ3n) is 3.40. The van der Waals surface area contributed by atoms with Gasteiger partial charge in [-0.2, -0.15) is 0 Å². The van der Waals surface area contributed by atoms with Crippen LogP contribution in [0.25, 0.3) is 0 Å². The Morgan fingerprint density at radius 3 is 2.68 bits per heavy atom. The zero-order valence-corrected chi connectivity index (χ0v) is 13.1. The second-order valence-electron chi connectivity index (χ2n) is 5.80. The van der Waals surface area contributed by atoms with Crippen molar-refractivity contribution in [1.82, 2.24) is 5.32 Å². The Bertz CT molecular complexity index is 598. The zero-order valence-electron chi connectivity index (χ0n) is 13.1. The summed E-state index contributed by atoms with van der Waals surface area (Å²) < 4.78 is 0. The molecule has 6 nitrogen and oxygen atoms in total. The predicted molar refractivity (Wildman–Crippen MR) is 84.5 cm³/mol. The second-order valence-corrected chi connectivity index (χ2v) is 5.80.